The smallest absolute Gasteiger partial charge is 0.310 e. The van der Waals surface area contributed by atoms with Gasteiger partial charge in [-0.05, 0) is 37.1 Å². The summed E-state index contributed by atoms with van der Waals surface area (Å²) in [5.74, 6) is 0.0846. The number of likely N-dealkylation sites (tertiary alicyclic amines) is 1. The third-order valence-electron chi connectivity index (χ3n) is 4.45. The molecule has 0 saturated carbocycles. The van der Waals surface area contributed by atoms with Crippen molar-refractivity contribution in [2.75, 3.05) is 24.7 Å². The number of piperidine rings is 1. The highest BCUT2D eigenvalue weighted by Gasteiger charge is 2.29. The first-order valence-electron chi connectivity index (χ1n) is 8.34. The van der Waals surface area contributed by atoms with Crippen LogP contribution in [0.2, 0.25) is 0 Å². The second kappa shape index (κ2) is 7.39. The van der Waals surface area contributed by atoms with E-state index in [4.69, 9.17) is 4.42 Å². The Morgan fingerprint density at radius 2 is 1.96 bits per heavy atom. The number of carbonyl (C=O) groups is 1. The summed E-state index contributed by atoms with van der Waals surface area (Å²) in [6.07, 6.45) is 3.53. The van der Waals surface area contributed by atoms with E-state index in [1.165, 1.54) is 24.5 Å². The van der Waals surface area contributed by atoms with Crippen molar-refractivity contribution in [2.24, 2.45) is 0 Å². The Labute approximate surface area is 156 Å². The van der Waals surface area contributed by atoms with Gasteiger partial charge in [-0.2, -0.15) is 0 Å². The molecular formula is C17H19N3O6S. The molecule has 1 fully saturated rings. The zero-order chi connectivity index (χ0) is 19.6. The summed E-state index contributed by atoms with van der Waals surface area (Å²) >= 11 is 0. The first-order chi connectivity index (χ1) is 12.8. The van der Waals surface area contributed by atoms with Crippen molar-refractivity contribution in [3.8, 4) is 0 Å². The summed E-state index contributed by atoms with van der Waals surface area (Å²) < 4.78 is 28.8. The lowest BCUT2D eigenvalue weighted by Crippen LogP contribution is -2.42. The van der Waals surface area contributed by atoms with Gasteiger partial charge in [0, 0.05) is 25.4 Å². The Hall–Kier alpha value is -2.88. The van der Waals surface area contributed by atoms with E-state index in [1.54, 1.807) is 17.0 Å². The van der Waals surface area contributed by atoms with Gasteiger partial charge in [0.15, 0.2) is 15.6 Å². The third-order valence-corrected chi connectivity index (χ3v) is 5.58. The highest BCUT2D eigenvalue weighted by Crippen LogP contribution is 2.33. The summed E-state index contributed by atoms with van der Waals surface area (Å²) in [7, 11) is -3.73. The van der Waals surface area contributed by atoms with Gasteiger partial charge in [0.05, 0.1) is 11.2 Å². The number of sulfone groups is 1. The number of hydrogen-bond donors (Lipinski definition) is 1. The number of nitrogens with zero attached hydrogens (tertiary/aromatic N) is 2. The molecule has 9 nitrogen and oxygen atoms in total. The van der Waals surface area contributed by atoms with Gasteiger partial charge >= 0.3 is 5.69 Å². The lowest BCUT2D eigenvalue weighted by atomic mass is 10.0. The number of rotatable bonds is 5. The van der Waals surface area contributed by atoms with Crippen molar-refractivity contribution in [2.45, 2.75) is 23.8 Å². The monoisotopic (exact) mass is 393 g/mol. The van der Waals surface area contributed by atoms with E-state index < -0.39 is 20.4 Å². The van der Waals surface area contributed by atoms with Gasteiger partial charge in [-0.15, -0.1) is 0 Å². The summed E-state index contributed by atoms with van der Waals surface area (Å²) in [6, 6.07) is 7.33. The molecule has 1 saturated heterocycles. The number of nitro benzene ring substituents is 1. The number of carbonyl (C=O) groups excluding carboxylic acids is 1. The number of amides is 1. The maximum atomic E-state index is 12.3. The van der Waals surface area contributed by atoms with Crippen molar-refractivity contribution >= 4 is 27.1 Å². The van der Waals surface area contributed by atoms with Crippen LogP contribution in [0.5, 0.6) is 0 Å². The first-order valence-corrected chi connectivity index (χ1v) is 10.2. The maximum Gasteiger partial charge on any atom is 0.310 e. The molecule has 0 bridgehead atoms. The van der Waals surface area contributed by atoms with E-state index in [2.05, 4.69) is 5.32 Å². The molecule has 1 aromatic heterocycles. The number of hydrogen-bond acceptors (Lipinski definition) is 7. The fraction of sp³-hybridized carbons (Fsp3) is 0.353. The van der Waals surface area contributed by atoms with Crippen LogP contribution in [0.3, 0.4) is 0 Å². The molecule has 2 aromatic rings. The molecule has 27 heavy (non-hydrogen) atoms. The Balaban J connectivity index is 1.72. The predicted octanol–water partition coefficient (Wildman–Crippen LogP) is 2.31. The number of nitrogens with one attached hydrogen (secondary N) is 1. The maximum absolute atomic E-state index is 12.3. The van der Waals surface area contributed by atoms with Gasteiger partial charge in [-0.3, -0.25) is 14.9 Å². The lowest BCUT2D eigenvalue weighted by molar-refractivity contribution is -0.386. The predicted molar refractivity (Wildman–Crippen MR) is 97.5 cm³/mol. The van der Waals surface area contributed by atoms with Crippen molar-refractivity contribution in [1.29, 1.82) is 0 Å². The molecule has 1 aliphatic heterocycles. The van der Waals surface area contributed by atoms with Crippen LogP contribution in [-0.2, 0) is 9.84 Å². The van der Waals surface area contributed by atoms with Crippen LogP contribution in [0.4, 0.5) is 11.4 Å². The van der Waals surface area contributed by atoms with Crippen molar-refractivity contribution < 1.29 is 22.6 Å². The molecular weight excluding hydrogens is 374 g/mol. The second-order valence-electron chi connectivity index (χ2n) is 6.37. The zero-order valence-corrected chi connectivity index (χ0v) is 15.4. The number of benzene rings is 1. The fourth-order valence-corrected chi connectivity index (χ4v) is 3.99. The van der Waals surface area contributed by atoms with Gasteiger partial charge < -0.3 is 14.6 Å². The highest BCUT2D eigenvalue weighted by molar-refractivity contribution is 7.90. The van der Waals surface area contributed by atoms with Crippen LogP contribution in [0, 0.1) is 10.1 Å². The molecule has 2 heterocycles. The van der Waals surface area contributed by atoms with Gasteiger partial charge in [0.1, 0.15) is 10.6 Å². The van der Waals surface area contributed by atoms with Gasteiger partial charge in [0.2, 0.25) is 0 Å². The molecule has 1 N–H and O–H groups in total. The Kier molecular flexibility index (Phi) is 5.17. The highest BCUT2D eigenvalue weighted by atomic mass is 32.2. The van der Waals surface area contributed by atoms with Crippen LogP contribution in [0.25, 0.3) is 0 Å². The van der Waals surface area contributed by atoms with Crippen LogP contribution >= 0.6 is 0 Å². The quantitative estimate of drug-likeness (QED) is 0.611. The normalized spacial score (nSPS) is 15.5. The third kappa shape index (κ3) is 4.11. The molecule has 10 heteroatoms. The molecule has 0 spiro atoms. The SMILES string of the molecule is CS(=O)(=O)c1cccc(NC2CCN(C(=O)c3ccco3)CC2)c1[N+](=O)[O-]. The first kappa shape index (κ1) is 18.9. The average Bonchev–Trinajstić information content (AvgIpc) is 3.15. The molecule has 1 amide bonds. The number of para-hydroxylation sites is 1. The van der Waals surface area contributed by atoms with Crippen molar-refractivity contribution in [1.82, 2.24) is 4.90 Å². The molecule has 0 atom stereocenters. The molecule has 0 aliphatic carbocycles. The van der Waals surface area contributed by atoms with Gasteiger partial charge in [-0.25, -0.2) is 8.42 Å². The van der Waals surface area contributed by atoms with Crippen molar-refractivity contribution in [3.63, 3.8) is 0 Å². The summed E-state index contributed by atoms with van der Waals surface area (Å²) in [5, 5.41) is 14.5. The van der Waals surface area contributed by atoms with Gasteiger partial charge in [0.25, 0.3) is 5.91 Å². The molecule has 1 aromatic carbocycles. The summed E-state index contributed by atoms with van der Waals surface area (Å²) in [5.41, 5.74) is -0.284. The van der Waals surface area contributed by atoms with Gasteiger partial charge in [-0.1, -0.05) is 6.07 Å². The Morgan fingerprint density at radius 3 is 2.52 bits per heavy atom. The van der Waals surface area contributed by atoms with E-state index in [0.717, 1.165) is 6.26 Å². The van der Waals surface area contributed by atoms with E-state index >= 15 is 0 Å². The van der Waals surface area contributed by atoms with E-state index in [1.807, 2.05) is 0 Å². The van der Waals surface area contributed by atoms with Crippen molar-refractivity contribution in [3.05, 3.63) is 52.5 Å². The van der Waals surface area contributed by atoms with Crippen LogP contribution in [0.1, 0.15) is 23.4 Å². The molecule has 144 valence electrons. The minimum atomic E-state index is -3.73. The molecule has 0 radical (unpaired) electrons. The summed E-state index contributed by atoms with van der Waals surface area (Å²) in [6.45, 7) is 0.938. The lowest BCUT2D eigenvalue weighted by Gasteiger charge is -2.32. The average molecular weight is 393 g/mol. The Morgan fingerprint density at radius 1 is 1.26 bits per heavy atom. The minimum absolute atomic E-state index is 0.112. The van der Waals surface area contributed by atoms with Crippen LogP contribution < -0.4 is 5.32 Å². The number of anilines is 1. The minimum Gasteiger partial charge on any atom is -0.459 e. The van der Waals surface area contributed by atoms with E-state index in [9.17, 15) is 23.3 Å². The molecule has 1 aliphatic rings. The number of furan rings is 1. The zero-order valence-electron chi connectivity index (χ0n) is 14.6. The fourth-order valence-electron chi connectivity index (χ4n) is 3.13. The Bertz CT molecular complexity index is 947. The summed E-state index contributed by atoms with van der Waals surface area (Å²) in [4.78, 5) is 24.4. The second-order valence-corrected chi connectivity index (χ2v) is 8.35. The van der Waals surface area contributed by atoms with Crippen LogP contribution in [-0.4, -0.2) is 49.5 Å². The topological polar surface area (TPSA) is 123 Å². The number of nitro groups is 1. The largest absolute Gasteiger partial charge is 0.459 e. The van der Waals surface area contributed by atoms with E-state index in [-0.39, 0.29) is 28.3 Å². The molecule has 3 rings (SSSR count). The standard InChI is InChI=1S/C17H19N3O6S/c1-27(24,25)15-6-2-4-13(16(15)20(22)23)18-12-7-9-19(10-8-12)17(21)14-5-3-11-26-14/h2-6,11-12,18H,7-10H2,1H3. The van der Waals surface area contributed by atoms with E-state index in [0.29, 0.717) is 25.9 Å². The molecule has 0 unspecified atom stereocenters. The van der Waals surface area contributed by atoms with Crippen LogP contribution in [0.15, 0.2) is 45.9 Å².